The number of hydrogen-bond donors (Lipinski definition) is 2. The first-order chi connectivity index (χ1) is 7.50. The van der Waals surface area contributed by atoms with Gasteiger partial charge in [0.1, 0.15) is 0 Å². The van der Waals surface area contributed by atoms with E-state index in [1.165, 1.54) is 22.3 Å². The van der Waals surface area contributed by atoms with Gasteiger partial charge in [0, 0.05) is 13.1 Å². The lowest BCUT2D eigenvalue weighted by Gasteiger charge is -2.38. The van der Waals surface area contributed by atoms with Crippen LogP contribution in [-0.4, -0.2) is 23.8 Å². The monoisotopic (exact) mass is 219 g/mol. The summed E-state index contributed by atoms with van der Waals surface area (Å²) in [5.74, 6) is 0. The SMILES string of the molecule is Cc1cc(C)c(CCC2(O)CNC2)c(C)c1. The molecule has 88 valence electrons. The third kappa shape index (κ3) is 2.28. The van der Waals surface area contributed by atoms with E-state index in [1.54, 1.807) is 0 Å². The van der Waals surface area contributed by atoms with Crippen molar-refractivity contribution < 1.29 is 5.11 Å². The maximum Gasteiger partial charge on any atom is 0.0898 e. The molecule has 0 bridgehead atoms. The van der Waals surface area contributed by atoms with Crippen molar-refractivity contribution >= 4 is 0 Å². The Labute approximate surface area is 97.7 Å². The average Bonchev–Trinajstić information content (AvgIpc) is 2.13. The van der Waals surface area contributed by atoms with E-state index in [0.717, 1.165) is 25.9 Å². The minimum Gasteiger partial charge on any atom is -0.387 e. The van der Waals surface area contributed by atoms with Crippen molar-refractivity contribution in [2.75, 3.05) is 13.1 Å². The van der Waals surface area contributed by atoms with Crippen molar-refractivity contribution in [1.82, 2.24) is 5.32 Å². The molecule has 1 aliphatic heterocycles. The molecule has 0 radical (unpaired) electrons. The van der Waals surface area contributed by atoms with Crippen LogP contribution >= 0.6 is 0 Å². The smallest absolute Gasteiger partial charge is 0.0898 e. The molecular weight excluding hydrogens is 198 g/mol. The van der Waals surface area contributed by atoms with Gasteiger partial charge in [-0.3, -0.25) is 0 Å². The van der Waals surface area contributed by atoms with Crippen LogP contribution in [0, 0.1) is 20.8 Å². The van der Waals surface area contributed by atoms with E-state index in [4.69, 9.17) is 0 Å². The number of rotatable bonds is 3. The standard InChI is InChI=1S/C14H21NO/c1-10-6-11(2)13(12(3)7-10)4-5-14(16)8-15-9-14/h6-7,15-16H,4-5,8-9H2,1-3H3. The first-order valence-corrected chi connectivity index (χ1v) is 6.00. The Balaban J connectivity index is 2.09. The van der Waals surface area contributed by atoms with Gasteiger partial charge in [0.2, 0.25) is 0 Å². The fourth-order valence-corrected chi connectivity index (χ4v) is 2.55. The Kier molecular flexibility index (Phi) is 3.04. The second kappa shape index (κ2) is 4.19. The van der Waals surface area contributed by atoms with Gasteiger partial charge in [0.25, 0.3) is 0 Å². The predicted molar refractivity (Wildman–Crippen MR) is 66.8 cm³/mol. The molecule has 1 aliphatic rings. The first-order valence-electron chi connectivity index (χ1n) is 6.00. The second-order valence-electron chi connectivity index (χ2n) is 5.21. The van der Waals surface area contributed by atoms with Crippen LogP contribution in [0.25, 0.3) is 0 Å². The van der Waals surface area contributed by atoms with Gasteiger partial charge >= 0.3 is 0 Å². The molecule has 16 heavy (non-hydrogen) atoms. The quantitative estimate of drug-likeness (QED) is 0.813. The van der Waals surface area contributed by atoms with Gasteiger partial charge in [-0.15, -0.1) is 0 Å². The number of aryl methyl sites for hydroxylation is 3. The molecule has 0 unspecified atom stereocenters. The van der Waals surface area contributed by atoms with E-state index in [0.29, 0.717) is 0 Å². The van der Waals surface area contributed by atoms with Gasteiger partial charge in [-0.25, -0.2) is 0 Å². The van der Waals surface area contributed by atoms with Crippen LogP contribution in [0.2, 0.25) is 0 Å². The summed E-state index contributed by atoms with van der Waals surface area (Å²) in [5.41, 5.74) is 4.99. The van der Waals surface area contributed by atoms with Gasteiger partial charge in [-0.1, -0.05) is 17.7 Å². The molecule has 0 spiro atoms. The maximum absolute atomic E-state index is 10.0. The van der Waals surface area contributed by atoms with Gasteiger partial charge in [-0.05, 0) is 50.3 Å². The minimum absolute atomic E-state index is 0.455. The zero-order valence-corrected chi connectivity index (χ0v) is 10.4. The maximum atomic E-state index is 10.0. The molecule has 1 fully saturated rings. The van der Waals surface area contributed by atoms with Crippen molar-refractivity contribution in [2.45, 2.75) is 39.2 Å². The lowest BCUT2D eigenvalue weighted by Crippen LogP contribution is -2.59. The minimum atomic E-state index is -0.455. The Morgan fingerprint density at radius 2 is 1.75 bits per heavy atom. The predicted octanol–water partition coefficient (Wildman–Crippen LogP) is 1.88. The fourth-order valence-electron chi connectivity index (χ4n) is 2.55. The Morgan fingerprint density at radius 3 is 2.19 bits per heavy atom. The van der Waals surface area contributed by atoms with Crippen molar-refractivity contribution in [1.29, 1.82) is 0 Å². The number of aliphatic hydroxyl groups is 1. The van der Waals surface area contributed by atoms with E-state index in [2.05, 4.69) is 38.2 Å². The highest BCUT2D eigenvalue weighted by molar-refractivity contribution is 5.37. The van der Waals surface area contributed by atoms with E-state index in [-0.39, 0.29) is 0 Å². The lowest BCUT2D eigenvalue weighted by atomic mass is 9.87. The number of nitrogens with one attached hydrogen (secondary N) is 1. The number of benzene rings is 1. The summed E-state index contributed by atoms with van der Waals surface area (Å²) < 4.78 is 0. The van der Waals surface area contributed by atoms with Gasteiger partial charge < -0.3 is 10.4 Å². The molecule has 0 saturated carbocycles. The second-order valence-corrected chi connectivity index (χ2v) is 5.21. The highest BCUT2D eigenvalue weighted by Crippen LogP contribution is 2.23. The molecule has 0 atom stereocenters. The molecule has 1 aromatic carbocycles. The zero-order valence-electron chi connectivity index (χ0n) is 10.4. The normalized spacial score (nSPS) is 18.2. The van der Waals surface area contributed by atoms with E-state index in [9.17, 15) is 5.11 Å². The Hall–Kier alpha value is -0.860. The van der Waals surface area contributed by atoms with Crippen LogP contribution in [0.1, 0.15) is 28.7 Å². The molecule has 2 heteroatoms. The third-order valence-corrected chi connectivity index (χ3v) is 3.59. The van der Waals surface area contributed by atoms with Crippen molar-refractivity contribution in [2.24, 2.45) is 0 Å². The van der Waals surface area contributed by atoms with Crippen LogP contribution in [-0.2, 0) is 6.42 Å². The fraction of sp³-hybridized carbons (Fsp3) is 0.571. The van der Waals surface area contributed by atoms with Crippen LogP contribution < -0.4 is 5.32 Å². The van der Waals surface area contributed by atoms with Crippen molar-refractivity contribution in [3.8, 4) is 0 Å². The van der Waals surface area contributed by atoms with E-state index in [1.807, 2.05) is 0 Å². The van der Waals surface area contributed by atoms with Crippen LogP contribution in [0.15, 0.2) is 12.1 Å². The number of hydrogen-bond acceptors (Lipinski definition) is 2. The summed E-state index contributed by atoms with van der Waals surface area (Å²) in [7, 11) is 0. The largest absolute Gasteiger partial charge is 0.387 e. The summed E-state index contributed by atoms with van der Waals surface area (Å²) in [6, 6.07) is 4.46. The van der Waals surface area contributed by atoms with Crippen molar-refractivity contribution in [3.63, 3.8) is 0 Å². The molecule has 2 nitrogen and oxygen atoms in total. The molecule has 0 amide bonds. The summed E-state index contributed by atoms with van der Waals surface area (Å²) in [4.78, 5) is 0. The first kappa shape index (κ1) is 11.6. The van der Waals surface area contributed by atoms with Crippen LogP contribution in [0.5, 0.6) is 0 Å². The van der Waals surface area contributed by atoms with Gasteiger partial charge in [0.05, 0.1) is 5.60 Å². The highest BCUT2D eigenvalue weighted by atomic mass is 16.3. The average molecular weight is 219 g/mol. The molecule has 0 aromatic heterocycles. The molecule has 1 heterocycles. The molecule has 1 saturated heterocycles. The Morgan fingerprint density at radius 1 is 1.19 bits per heavy atom. The van der Waals surface area contributed by atoms with Gasteiger partial charge in [0.15, 0.2) is 0 Å². The molecule has 2 N–H and O–H groups in total. The van der Waals surface area contributed by atoms with Gasteiger partial charge in [-0.2, -0.15) is 0 Å². The zero-order chi connectivity index (χ0) is 11.8. The van der Waals surface area contributed by atoms with Crippen LogP contribution in [0.4, 0.5) is 0 Å². The Bertz CT molecular complexity index is 371. The van der Waals surface area contributed by atoms with Crippen LogP contribution in [0.3, 0.4) is 0 Å². The molecular formula is C14H21NO. The summed E-state index contributed by atoms with van der Waals surface area (Å²) in [5, 5.41) is 13.2. The topological polar surface area (TPSA) is 32.3 Å². The third-order valence-electron chi connectivity index (χ3n) is 3.59. The number of β-amino-alcohol motifs (C(OH)–C–C–N with tert-alkyl or cyclic N) is 1. The summed E-state index contributed by atoms with van der Waals surface area (Å²) in [6.07, 6.45) is 1.85. The van der Waals surface area contributed by atoms with E-state index >= 15 is 0 Å². The molecule has 0 aliphatic carbocycles. The lowest BCUT2D eigenvalue weighted by molar-refractivity contribution is -0.0168. The summed E-state index contributed by atoms with van der Waals surface area (Å²) >= 11 is 0. The highest BCUT2D eigenvalue weighted by Gasteiger charge is 2.33. The molecule has 2 rings (SSSR count). The molecule has 1 aromatic rings. The van der Waals surface area contributed by atoms with E-state index < -0.39 is 5.60 Å². The van der Waals surface area contributed by atoms with Crippen molar-refractivity contribution in [3.05, 3.63) is 34.4 Å². The summed E-state index contributed by atoms with van der Waals surface area (Å²) in [6.45, 7) is 7.96.